The van der Waals surface area contributed by atoms with Crippen LogP contribution in [0.3, 0.4) is 0 Å². The third kappa shape index (κ3) is 5.26. The number of piperidine rings is 1. The lowest BCUT2D eigenvalue weighted by molar-refractivity contribution is -0.116. The Hall–Kier alpha value is -2.00. The summed E-state index contributed by atoms with van der Waals surface area (Å²) in [5.74, 6) is -0.129. The van der Waals surface area contributed by atoms with Gasteiger partial charge in [0, 0.05) is 5.69 Å². The topological polar surface area (TPSA) is 99.5 Å². The second-order valence-electron chi connectivity index (χ2n) is 7.17. The van der Waals surface area contributed by atoms with Crippen LogP contribution in [0.1, 0.15) is 12.8 Å². The van der Waals surface area contributed by atoms with Crippen LogP contribution in [0, 0.1) is 0 Å². The number of fused-ring (bicyclic) bond motifs is 1. The number of amides is 1. The van der Waals surface area contributed by atoms with Gasteiger partial charge < -0.3 is 20.6 Å². The Morgan fingerprint density at radius 3 is 2.74 bits per heavy atom. The van der Waals surface area contributed by atoms with Crippen LogP contribution in [-0.2, 0) is 11.3 Å². The van der Waals surface area contributed by atoms with Crippen LogP contribution in [-0.4, -0.2) is 64.8 Å². The smallest absolute Gasteiger partial charge is 0.261 e. The van der Waals surface area contributed by atoms with Gasteiger partial charge in [0.25, 0.3) is 5.56 Å². The molecule has 3 rings (SSSR count). The number of hydrogen-bond acceptors (Lipinski definition) is 6. The van der Waals surface area contributed by atoms with Crippen molar-refractivity contribution in [3.63, 3.8) is 0 Å². The van der Waals surface area contributed by atoms with Crippen molar-refractivity contribution in [2.24, 2.45) is 0 Å². The SMILES string of the molecule is CN(C)CC(=O)Nc1ccc2c(=O)n(CC3(O)CCNCC3)cnc2c1.Cl. The van der Waals surface area contributed by atoms with Gasteiger partial charge in [0.05, 0.1) is 35.9 Å². The predicted octanol–water partition coefficient (Wildman–Crippen LogP) is 0.433. The summed E-state index contributed by atoms with van der Waals surface area (Å²) in [6.45, 7) is 1.99. The number of halogens is 1. The Morgan fingerprint density at radius 2 is 2.07 bits per heavy atom. The lowest BCUT2D eigenvalue weighted by atomic mass is 9.92. The van der Waals surface area contributed by atoms with Gasteiger partial charge in [-0.05, 0) is 58.2 Å². The molecule has 0 aliphatic carbocycles. The van der Waals surface area contributed by atoms with E-state index in [-0.39, 0.29) is 37.0 Å². The van der Waals surface area contributed by atoms with E-state index in [4.69, 9.17) is 0 Å². The van der Waals surface area contributed by atoms with E-state index in [2.05, 4.69) is 15.6 Å². The molecule has 0 spiro atoms. The summed E-state index contributed by atoms with van der Waals surface area (Å²) in [7, 11) is 3.64. The van der Waals surface area contributed by atoms with Crippen LogP contribution in [0.25, 0.3) is 10.9 Å². The average Bonchev–Trinajstić information content (AvgIpc) is 2.57. The van der Waals surface area contributed by atoms with Crippen molar-refractivity contribution in [2.75, 3.05) is 39.0 Å². The third-order valence-electron chi connectivity index (χ3n) is 4.57. The van der Waals surface area contributed by atoms with Crippen molar-refractivity contribution < 1.29 is 9.90 Å². The Balaban J connectivity index is 0.00000261. The predicted molar refractivity (Wildman–Crippen MR) is 107 cm³/mol. The molecule has 2 heterocycles. The molecule has 3 N–H and O–H groups in total. The zero-order valence-electron chi connectivity index (χ0n) is 15.6. The summed E-state index contributed by atoms with van der Waals surface area (Å²) in [4.78, 5) is 30.7. The van der Waals surface area contributed by atoms with E-state index in [9.17, 15) is 14.7 Å². The van der Waals surface area contributed by atoms with Crippen molar-refractivity contribution in [1.82, 2.24) is 19.8 Å². The van der Waals surface area contributed by atoms with Crippen molar-refractivity contribution >= 4 is 34.9 Å². The Bertz CT molecular complexity index is 862. The maximum Gasteiger partial charge on any atom is 0.261 e. The minimum absolute atomic E-state index is 0. The lowest BCUT2D eigenvalue weighted by Crippen LogP contribution is -2.46. The molecule has 8 nitrogen and oxygen atoms in total. The highest BCUT2D eigenvalue weighted by Gasteiger charge is 2.30. The molecule has 0 atom stereocenters. The number of hydrogen-bond donors (Lipinski definition) is 3. The quantitative estimate of drug-likeness (QED) is 0.679. The van der Waals surface area contributed by atoms with Gasteiger partial charge in [0.15, 0.2) is 0 Å². The van der Waals surface area contributed by atoms with Crippen LogP contribution in [0.4, 0.5) is 5.69 Å². The molecule has 0 saturated carbocycles. The standard InChI is InChI=1S/C18H25N5O3.ClH/c1-22(2)10-16(24)21-13-3-4-14-15(9-13)20-12-23(17(14)25)11-18(26)5-7-19-8-6-18;/h3-4,9,12,19,26H,5-8,10-11H2,1-2H3,(H,21,24);1H. The molecule has 0 radical (unpaired) electrons. The Labute approximate surface area is 164 Å². The summed E-state index contributed by atoms with van der Waals surface area (Å²) in [6.07, 6.45) is 2.68. The highest BCUT2D eigenvalue weighted by atomic mass is 35.5. The molecule has 1 aromatic carbocycles. The molecule has 1 aliphatic heterocycles. The van der Waals surface area contributed by atoms with Crippen LogP contribution in [0.15, 0.2) is 29.3 Å². The van der Waals surface area contributed by atoms with Crippen LogP contribution >= 0.6 is 12.4 Å². The number of benzene rings is 1. The molecule has 0 bridgehead atoms. The molecule has 1 aliphatic rings. The van der Waals surface area contributed by atoms with E-state index in [1.807, 2.05) is 14.1 Å². The fraction of sp³-hybridized carbons (Fsp3) is 0.500. The first-order chi connectivity index (χ1) is 12.4. The largest absolute Gasteiger partial charge is 0.388 e. The molecule has 0 unspecified atom stereocenters. The normalized spacial score (nSPS) is 16.1. The number of nitrogens with one attached hydrogen (secondary N) is 2. The van der Waals surface area contributed by atoms with Crippen molar-refractivity contribution in [3.05, 3.63) is 34.9 Å². The molecule has 27 heavy (non-hydrogen) atoms. The van der Waals surface area contributed by atoms with Crippen molar-refractivity contribution in [1.29, 1.82) is 0 Å². The lowest BCUT2D eigenvalue weighted by Gasteiger charge is -2.32. The number of carbonyl (C=O) groups excluding carboxylic acids is 1. The Kier molecular flexibility index (Phi) is 6.94. The van der Waals surface area contributed by atoms with Gasteiger partial charge in [0.2, 0.25) is 5.91 Å². The number of rotatable bonds is 5. The highest BCUT2D eigenvalue weighted by Crippen LogP contribution is 2.20. The summed E-state index contributed by atoms with van der Waals surface area (Å²) in [6, 6.07) is 5.05. The van der Waals surface area contributed by atoms with E-state index in [0.29, 0.717) is 29.4 Å². The molecule has 1 fully saturated rings. The number of nitrogens with zero attached hydrogens (tertiary/aromatic N) is 3. The number of aromatic nitrogens is 2. The van der Waals surface area contributed by atoms with Crippen LogP contribution < -0.4 is 16.2 Å². The van der Waals surface area contributed by atoms with E-state index < -0.39 is 5.60 Å². The molecule has 1 amide bonds. The first kappa shape index (κ1) is 21.3. The van der Waals surface area contributed by atoms with E-state index in [0.717, 1.165) is 13.1 Å². The zero-order valence-corrected chi connectivity index (χ0v) is 16.4. The van der Waals surface area contributed by atoms with Crippen LogP contribution in [0.2, 0.25) is 0 Å². The third-order valence-corrected chi connectivity index (χ3v) is 4.57. The van der Waals surface area contributed by atoms with E-state index >= 15 is 0 Å². The maximum atomic E-state index is 12.7. The van der Waals surface area contributed by atoms with Gasteiger partial charge in [-0.25, -0.2) is 4.98 Å². The highest BCUT2D eigenvalue weighted by molar-refractivity contribution is 5.94. The fourth-order valence-electron chi connectivity index (χ4n) is 3.20. The molecule has 2 aromatic rings. The first-order valence-corrected chi connectivity index (χ1v) is 8.73. The molecular formula is C18H26ClN5O3. The molecular weight excluding hydrogens is 370 g/mol. The monoisotopic (exact) mass is 395 g/mol. The minimum atomic E-state index is -0.884. The maximum absolute atomic E-state index is 12.7. The summed E-state index contributed by atoms with van der Waals surface area (Å²) >= 11 is 0. The molecule has 148 valence electrons. The van der Waals surface area contributed by atoms with Gasteiger partial charge >= 0.3 is 0 Å². The second-order valence-corrected chi connectivity index (χ2v) is 7.17. The van der Waals surface area contributed by atoms with Gasteiger partial charge in [0.1, 0.15) is 0 Å². The summed E-state index contributed by atoms with van der Waals surface area (Å²) in [5, 5.41) is 17.1. The number of carbonyl (C=O) groups is 1. The van der Waals surface area contributed by atoms with E-state index in [1.165, 1.54) is 10.9 Å². The van der Waals surface area contributed by atoms with Gasteiger partial charge in [-0.1, -0.05) is 0 Å². The van der Waals surface area contributed by atoms with Gasteiger partial charge in [-0.2, -0.15) is 0 Å². The molecule has 1 aromatic heterocycles. The van der Waals surface area contributed by atoms with E-state index in [1.54, 1.807) is 23.1 Å². The summed E-state index contributed by atoms with van der Waals surface area (Å²) in [5.41, 5.74) is 0.0511. The van der Waals surface area contributed by atoms with Gasteiger partial charge in [-0.3, -0.25) is 14.2 Å². The van der Waals surface area contributed by atoms with Gasteiger partial charge in [-0.15, -0.1) is 12.4 Å². The average molecular weight is 396 g/mol. The number of likely N-dealkylation sites (N-methyl/N-ethyl adjacent to an activating group) is 1. The first-order valence-electron chi connectivity index (χ1n) is 8.73. The minimum Gasteiger partial charge on any atom is -0.388 e. The van der Waals surface area contributed by atoms with Crippen LogP contribution in [0.5, 0.6) is 0 Å². The summed E-state index contributed by atoms with van der Waals surface area (Å²) < 4.78 is 1.47. The number of aliphatic hydroxyl groups is 1. The zero-order chi connectivity index (χ0) is 18.7. The Morgan fingerprint density at radius 1 is 1.37 bits per heavy atom. The van der Waals surface area contributed by atoms with Crippen molar-refractivity contribution in [2.45, 2.75) is 25.0 Å². The molecule has 9 heteroatoms. The second kappa shape index (κ2) is 8.79. The number of anilines is 1. The fourth-order valence-corrected chi connectivity index (χ4v) is 3.20. The van der Waals surface area contributed by atoms with Crippen molar-refractivity contribution in [3.8, 4) is 0 Å². The molecule has 1 saturated heterocycles.